The van der Waals surface area contributed by atoms with Crippen molar-refractivity contribution in [2.75, 3.05) is 0 Å². The molecule has 2 aromatic carbocycles. The molecule has 3 nitrogen and oxygen atoms in total. The zero-order chi connectivity index (χ0) is 20.0. The lowest BCUT2D eigenvalue weighted by Crippen LogP contribution is -2.53. The van der Waals surface area contributed by atoms with Gasteiger partial charge in [0.15, 0.2) is 5.82 Å². The highest BCUT2D eigenvalue weighted by atomic mass is 79.9. The van der Waals surface area contributed by atoms with Crippen molar-refractivity contribution in [3.05, 3.63) is 64.4 Å². The first-order valence-electron chi connectivity index (χ1n) is 10.2. The Morgan fingerprint density at radius 2 is 1.76 bits per heavy atom. The Labute approximate surface area is 177 Å². The number of hydrogen-bond donors (Lipinski definition) is 1. The van der Waals surface area contributed by atoms with E-state index in [1.807, 2.05) is 42.5 Å². The molecule has 0 saturated heterocycles. The van der Waals surface area contributed by atoms with Crippen molar-refractivity contribution < 1.29 is 9.18 Å². The number of aromatic nitrogens is 1. The maximum atomic E-state index is 15.7. The summed E-state index contributed by atoms with van der Waals surface area (Å²) in [5, 5.41) is 3.78. The zero-order valence-electron chi connectivity index (χ0n) is 16.1. The molecule has 0 atom stereocenters. The van der Waals surface area contributed by atoms with E-state index >= 15 is 4.39 Å². The van der Waals surface area contributed by atoms with Crippen LogP contribution in [0.1, 0.15) is 48.9 Å². The van der Waals surface area contributed by atoms with Crippen LogP contribution in [0.25, 0.3) is 22.2 Å². The number of nitrogens with zero attached hydrogens (tertiary/aromatic N) is 1. The highest BCUT2D eigenvalue weighted by molar-refractivity contribution is 9.10. The van der Waals surface area contributed by atoms with E-state index in [9.17, 15) is 4.79 Å². The molecular formula is C24H22BrFN2O. The van der Waals surface area contributed by atoms with Crippen LogP contribution in [-0.2, 0) is 0 Å². The number of carbonyl (C=O) groups is 1. The Morgan fingerprint density at radius 3 is 2.45 bits per heavy atom. The van der Waals surface area contributed by atoms with Crippen LogP contribution in [0.5, 0.6) is 0 Å². The second-order valence-corrected chi connectivity index (χ2v) is 9.31. The Bertz CT molecular complexity index is 1080. The second kappa shape index (κ2) is 7.21. The number of fused-ring (bicyclic) bond motifs is 4. The lowest BCUT2D eigenvalue weighted by atomic mass is 9.66. The molecule has 0 radical (unpaired) electrons. The maximum Gasteiger partial charge on any atom is 0.255 e. The zero-order valence-corrected chi connectivity index (χ0v) is 17.6. The van der Waals surface area contributed by atoms with Gasteiger partial charge in [-0.15, -0.1) is 0 Å². The van der Waals surface area contributed by atoms with Gasteiger partial charge < -0.3 is 5.32 Å². The summed E-state index contributed by atoms with van der Waals surface area (Å²) in [5.41, 5.74) is 1.41. The van der Waals surface area contributed by atoms with E-state index in [1.165, 1.54) is 0 Å². The van der Waals surface area contributed by atoms with Crippen LogP contribution in [0, 0.1) is 11.7 Å². The summed E-state index contributed by atoms with van der Waals surface area (Å²) < 4.78 is 16.5. The van der Waals surface area contributed by atoms with Gasteiger partial charge >= 0.3 is 0 Å². The normalized spacial score (nSPS) is 23.3. The summed E-state index contributed by atoms with van der Waals surface area (Å²) in [6.45, 7) is 0. The molecule has 148 valence electrons. The van der Waals surface area contributed by atoms with Crippen molar-refractivity contribution in [2.45, 2.75) is 44.1 Å². The van der Waals surface area contributed by atoms with Crippen molar-refractivity contribution in [3.8, 4) is 11.3 Å². The van der Waals surface area contributed by atoms with E-state index in [0.29, 0.717) is 16.5 Å². The molecular weight excluding hydrogens is 431 g/mol. The van der Waals surface area contributed by atoms with Gasteiger partial charge in [-0.1, -0.05) is 46.3 Å². The average Bonchev–Trinajstić information content (AvgIpc) is 2.75. The van der Waals surface area contributed by atoms with Gasteiger partial charge in [-0.25, -0.2) is 9.37 Å². The molecule has 5 heteroatoms. The summed E-state index contributed by atoms with van der Waals surface area (Å²) in [6, 6.07) is 14.7. The minimum absolute atomic E-state index is 0.0947. The molecule has 1 aromatic heterocycles. The molecule has 3 aliphatic carbocycles. The van der Waals surface area contributed by atoms with Crippen molar-refractivity contribution in [1.82, 2.24) is 10.3 Å². The molecule has 3 saturated carbocycles. The number of rotatable bonds is 3. The molecule has 3 fully saturated rings. The summed E-state index contributed by atoms with van der Waals surface area (Å²) in [7, 11) is 0. The number of benzene rings is 2. The van der Waals surface area contributed by atoms with Crippen molar-refractivity contribution in [1.29, 1.82) is 0 Å². The monoisotopic (exact) mass is 452 g/mol. The maximum absolute atomic E-state index is 15.7. The van der Waals surface area contributed by atoms with E-state index in [4.69, 9.17) is 0 Å². The van der Waals surface area contributed by atoms with E-state index < -0.39 is 5.82 Å². The summed E-state index contributed by atoms with van der Waals surface area (Å²) in [5.74, 6) is -0.0846. The number of hydrogen-bond acceptors (Lipinski definition) is 2. The van der Waals surface area contributed by atoms with Crippen molar-refractivity contribution in [2.24, 2.45) is 5.92 Å². The standard InChI is InChI=1S/C24H22BrFN2O/c25-17-6-7-19-18(14-17)20(21(26)22(27-19)16-4-2-1-3-5-16)23(29)28-24-11-8-15(9-12-24)10-13-24/h1-7,14-15H,8-13H2,(H,28,29). The quantitative estimate of drug-likeness (QED) is 0.509. The van der Waals surface area contributed by atoms with Crippen LogP contribution in [-0.4, -0.2) is 16.4 Å². The molecule has 1 N–H and O–H groups in total. The number of nitrogens with one attached hydrogen (secondary N) is 1. The van der Waals surface area contributed by atoms with Gasteiger partial charge in [-0.05, 0) is 62.6 Å². The predicted molar refractivity (Wildman–Crippen MR) is 116 cm³/mol. The predicted octanol–water partition coefficient (Wildman–Crippen LogP) is 6.26. The molecule has 0 spiro atoms. The Hall–Kier alpha value is -2.27. The van der Waals surface area contributed by atoms with Gasteiger partial charge in [0.1, 0.15) is 5.69 Å². The first kappa shape index (κ1) is 18.7. The number of carbonyl (C=O) groups excluding carboxylic acids is 1. The van der Waals surface area contributed by atoms with Crippen LogP contribution in [0.2, 0.25) is 0 Å². The molecule has 1 heterocycles. The minimum atomic E-state index is -0.555. The van der Waals surface area contributed by atoms with Crippen molar-refractivity contribution >= 4 is 32.7 Å². The van der Waals surface area contributed by atoms with Gasteiger partial charge in [0.05, 0.1) is 11.1 Å². The largest absolute Gasteiger partial charge is 0.346 e. The van der Waals surface area contributed by atoms with E-state index in [0.717, 1.165) is 48.9 Å². The Morgan fingerprint density at radius 1 is 1.07 bits per heavy atom. The second-order valence-electron chi connectivity index (χ2n) is 8.39. The van der Waals surface area contributed by atoms with Crippen LogP contribution in [0.3, 0.4) is 0 Å². The van der Waals surface area contributed by atoms with Gasteiger partial charge in [-0.2, -0.15) is 0 Å². The first-order chi connectivity index (χ1) is 14.0. The third-order valence-corrected chi connectivity index (χ3v) is 7.13. The first-order valence-corrected chi connectivity index (χ1v) is 11.0. The number of amides is 1. The number of pyridine rings is 1. The molecule has 29 heavy (non-hydrogen) atoms. The highest BCUT2D eigenvalue weighted by Crippen LogP contribution is 2.44. The van der Waals surface area contributed by atoms with Gasteiger partial charge in [0, 0.05) is 21.0 Å². The van der Waals surface area contributed by atoms with Gasteiger partial charge in [0.25, 0.3) is 5.91 Å². The van der Waals surface area contributed by atoms with Gasteiger partial charge in [0.2, 0.25) is 0 Å². The van der Waals surface area contributed by atoms with Crippen LogP contribution < -0.4 is 5.32 Å². The lowest BCUT2D eigenvalue weighted by molar-refractivity contribution is 0.0712. The smallest absolute Gasteiger partial charge is 0.255 e. The van der Waals surface area contributed by atoms with Crippen LogP contribution in [0.4, 0.5) is 4.39 Å². The molecule has 3 aliphatic rings. The Kier molecular flexibility index (Phi) is 4.66. The van der Waals surface area contributed by atoms with Gasteiger partial charge in [-0.3, -0.25) is 4.79 Å². The minimum Gasteiger partial charge on any atom is -0.346 e. The highest BCUT2D eigenvalue weighted by Gasteiger charge is 2.42. The summed E-state index contributed by atoms with van der Waals surface area (Å²) in [6.07, 6.45) is 6.43. The summed E-state index contributed by atoms with van der Waals surface area (Å²) >= 11 is 3.45. The summed E-state index contributed by atoms with van der Waals surface area (Å²) in [4.78, 5) is 18.0. The van der Waals surface area contributed by atoms with E-state index in [1.54, 1.807) is 6.07 Å². The Balaban J connectivity index is 1.64. The molecule has 6 rings (SSSR count). The van der Waals surface area contributed by atoms with E-state index in [2.05, 4.69) is 26.2 Å². The third-order valence-electron chi connectivity index (χ3n) is 6.63. The van der Waals surface area contributed by atoms with Crippen molar-refractivity contribution in [3.63, 3.8) is 0 Å². The topological polar surface area (TPSA) is 42.0 Å². The third kappa shape index (κ3) is 3.35. The fourth-order valence-corrected chi connectivity index (χ4v) is 5.32. The molecule has 0 unspecified atom stereocenters. The average molecular weight is 453 g/mol. The fraction of sp³-hybridized carbons (Fsp3) is 0.333. The SMILES string of the molecule is O=C(NC12CCC(CC1)CC2)c1c(F)c(-c2ccccc2)nc2ccc(Br)cc12. The molecule has 1 amide bonds. The lowest BCUT2D eigenvalue weighted by Gasteiger charge is -2.47. The molecule has 0 aliphatic heterocycles. The molecule has 3 aromatic rings. The van der Waals surface area contributed by atoms with Crippen LogP contribution >= 0.6 is 15.9 Å². The molecule has 2 bridgehead atoms. The van der Waals surface area contributed by atoms with Crippen LogP contribution in [0.15, 0.2) is 53.0 Å². The van der Waals surface area contributed by atoms with E-state index in [-0.39, 0.29) is 22.7 Å². The number of halogens is 2. The fourth-order valence-electron chi connectivity index (χ4n) is 4.96.